The lowest BCUT2D eigenvalue weighted by molar-refractivity contribution is 0.399. The molecule has 0 radical (unpaired) electrons. The zero-order valence-electron chi connectivity index (χ0n) is 70.2. The van der Waals surface area contributed by atoms with Crippen LogP contribution in [0, 0.1) is 0 Å². The Morgan fingerprint density at radius 2 is 0.778 bits per heavy atom. The first-order chi connectivity index (χ1) is 56.7. The third kappa shape index (κ3) is 10.3. The lowest BCUT2D eigenvalue weighted by atomic mass is 9.70. The first-order valence-corrected chi connectivity index (χ1v) is 44.1. The maximum atomic E-state index is 7.23. The predicted octanol–water partition coefficient (Wildman–Crippen LogP) is 31.5. The highest BCUT2D eigenvalue weighted by Gasteiger charge is 2.54. The number of hydrogen-bond donors (Lipinski definition) is 0. The van der Waals surface area contributed by atoms with Crippen LogP contribution in [-0.4, -0.2) is 0 Å². The molecular formula is C114H105NO2. The Labute approximate surface area is 692 Å². The van der Waals surface area contributed by atoms with E-state index in [1.165, 1.54) is 244 Å². The minimum Gasteiger partial charge on any atom is -0.460 e. The van der Waals surface area contributed by atoms with E-state index in [9.17, 15) is 0 Å². The average Bonchev–Trinajstić information content (AvgIpc) is 1.50. The highest BCUT2D eigenvalue weighted by atomic mass is 16.5. The zero-order valence-corrected chi connectivity index (χ0v) is 70.2. The van der Waals surface area contributed by atoms with Gasteiger partial charge in [-0.25, -0.2) is 0 Å². The summed E-state index contributed by atoms with van der Waals surface area (Å²) in [5.41, 5.74) is 44.4. The quantitative estimate of drug-likeness (QED) is 0.0801. The van der Waals surface area contributed by atoms with Crippen molar-refractivity contribution in [3.05, 3.63) is 350 Å². The number of unbranched alkanes of at least 4 members (excludes halogenated alkanes) is 8. The molecule has 2 atom stereocenters. The molecule has 117 heavy (non-hydrogen) atoms. The van der Waals surface area contributed by atoms with E-state index < -0.39 is 0 Å². The fourth-order valence-corrected chi connectivity index (χ4v) is 24.2. The third-order valence-corrected chi connectivity index (χ3v) is 30.2. The Bertz CT molecular complexity index is 6610. The summed E-state index contributed by atoms with van der Waals surface area (Å²) < 4.78 is 14.4. The van der Waals surface area contributed by atoms with Crippen molar-refractivity contribution < 1.29 is 9.15 Å². The van der Waals surface area contributed by atoms with Crippen LogP contribution in [0.2, 0.25) is 0 Å². The van der Waals surface area contributed by atoms with Crippen molar-refractivity contribution in [2.24, 2.45) is 0 Å². The van der Waals surface area contributed by atoms with Crippen molar-refractivity contribution in [2.75, 3.05) is 4.90 Å². The van der Waals surface area contributed by atoms with E-state index in [0.717, 1.165) is 39.7 Å². The second-order valence-electron chi connectivity index (χ2n) is 38.4. The van der Waals surface area contributed by atoms with Crippen molar-refractivity contribution >= 4 is 44.6 Å². The second kappa shape index (κ2) is 26.1. The van der Waals surface area contributed by atoms with Crippen LogP contribution in [0.3, 0.4) is 0 Å². The van der Waals surface area contributed by atoms with Crippen LogP contribution in [0.15, 0.2) is 277 Å². The SMILES string of the molecule is CCCCCCCC1(CCCCCCC)c2ccccc2-c2ccc(-c3ccc4c(c3)C(C)(C)c3cc(-c5ccc(N(c6ccc7c(c6)C(C)(C)C6=CC(c8ccc9c(c8)C(C)(C)c8ccccc8-9)=C8Oc9ccccc9C8C67)c6ccc7c(c6)C(C)(C)c6c8c(c9oc%10ccccc%10c9c6-7)-c6ccccc6C8(C)C)cc5)ccc3-4)cc21. The van der Waals surface area contributed by atoms with Gasteiger partial charge in [-0.15, -0.1) is 0 Å². The van der Waals surface area contributed by atoms with Crippen LogP contribution in [0.1, 0.15) is 250 Å². The Morgan fingerprint density at radius 3 is 1.44 bits per heavy atom. The summed E-state index contributed by atoms with van der Waals surface area (Å²) in [5.74, 6) is 2.12. The second-order valence-corrected chi connectivity index (χ2v) is 38.4. The Morgan fingerprint density at radius 1 is 0.325 bits per heavy atom. The molecule has 2 heterocycles. The largest absolute Gasteiger partial charge is 0.460 e. The van der Waals surface area contributed by atoms with Crippen LogP contribution in [0.5, 0.6) is 5.75 Å². The molecular weight excluding hydrogens is 1420 g/mol. The van der Waals surface area contributed by atoms with Crippen LogP contribution in [0.4, 0.5) is 17.1 Å². The van der Waals surface area contributed by atoms with Gasteiger partial charge in [0.1, 0.15) is 22.7 Å². The van der Waals surface area contributed by atoms with Crippen LogP contribution < -0.4 is 9.64 Å². The molecule has 0 N–H and O–H groups in total. The highest BCUT2D eigenvalue weighted by molar-refractivity contribution is 6.21. The lowest BCUT2D eigenvalue weighted by Gasteiger charge is -2.33. The van der Waals surface area contributed by atoms with Gasteiger partial charge in [0, 0.05) is 82.9 Å². The van der Waals surface area contributed by atoms with Gasteiger partial charge in [0.2, 0.25) is 0 Å². The molecule has 1 aliphatic heterocycles. The van der Waals surface area contributed by atoms with E-state index in [1.54, 1.807) is 11.1 Å². The summed E-state index contributed by atoms with van der Waals surface area (Å²) in [6.45, 7) is 29.2. The fraction of sp³-hybridized carbons (Fsp3) is 0.281. The molecule has 7 aliphatic carbocycles. The number of allylic oxidation sites excluding steroid dienone is 4. The minimum atomic E-state index is -0.390. The van der Waals surface area contributed by atoms with E-state index >= 15 is 0 Å². The molecule has 578 valence electrons. The molecule has 0 spiro atoms. The minimum absolute atomic E-state index is 0.0134. The smallest absolute Gasteiger partial charge is 0.144 e. The Balaban J connectivity index is 0.649. The Kier molecular flexibility index (Phi) is 16.1. The van der Waals surface area contributed by atoms with E-state index in [2.05, 4.69) is 349 Å². The van der Waals surface area contributed by atoms with E-state index in [-0.39, 0.29) is 44.3 Å². The molecule has 0 saturated carbocycles. The molecule has 0 saturated heterocycles. The number of ether oxygens (including phenoxy) is 1. The van der Waals surface area contributed by atoms with Gasteiger partial charge in [-0.1, -0.05) is 341 Å². The maximum absolute atomic E-state index is 7.23. The summed E-state index contributed by atoms with van der Waals surface area (Å²) >= 11 is 0. The van der Waals surface area contributed by atoms with Crippen LogP contribution in [0.25, 0.3) is 105 Å². The number of furan rings is 1. The molecule has 13 aromatic carbocycles. The summed E-state index contributed by atoms with van der Waals surface area (Å²) in [6.07, 6.45) is 18.0. The number of fused-ring (bicyclic) bond motifs is 28. The van der Waals surface area contributed by atoms with Gasteiger partial charge >= 0.3 is 0 Å². The molecule has 22 rings (SSSR count). The number of rotatable bonds is 18. The predicted molar refractivity (Wildman–Crippen MR) is 490 cm³/mol. The van der Waals surface area contributed by atoms with Gasteiger partial charge in [-0.2, -0.15) is 0 Å². The lowest BCUT2D eigenvalue weighted by Crippen LogP contribution is -2.25. The van der Waals surface area contributed by atoms with Gasteiger partial charge in [-0.05, 0) is 230 Å². The summed E-state index contributed by atoms with van der Waals surface area (Å²) in [7, 11) is 0. The van der Waals surface area contributed by atoms with Crippen molar-refractivity contribution in [1.29, 1.82) is 0 Å². The molecule has 0 fully saturated rings. The van der Waals surface area contributed by atoms with Crippen molar-refractivity contribution in [3.63, 3.8) is 0 Å². The van der Waals surface area contributed by atoms with E-state index in [4.69, 9.17) is 9.15 Å². The molecule has 8 aliphatic rings. The monoisotopic (exact) mass is 1520 g/mol. The number of hydrogen-bond acceptors (Lipinski definition) is 3. The number of benzene rings is 13. The number of para-hydroxylation sites is 2. The number of nitrogens with zero attached hydrogens (tertiary/aromatic N) is 1. The van der Waals surface area contributed by atoms with Crippen molar-refractivity contribution in [2.45, 2.75) is 204 Å². The van der Waals surface area contributed by atoms with Crippen LogP contribution in [-0.2, 0) is 32.5 Å². The van der Waals surface area contributed by atoms with Gasteiger partial charge in [0.25, 0.3) is 0 Å². The van der Waals surface area contributed by atoms with Crippen molar-refractivity contribution in [1.82, 2.24) is 0 Å². The van der Waals surface area contributed by atoms with Gasteiger partial charge in [0.05, 0.1) is 5.92 Å². The van der Waals surface area contributed by atoms with Crippen LogP contribution >= 0.6 is 0 Å². The molecule has 0 bridgehead atoms. The average molecular weight is 1520 g/mol. The molecule has 3 nitrogen and oxygen atoms in total. The zero-order chi connectivity index (χ0) is 79.6. The van der Waals surface area contributed by atoms with Gasteiger partial charge in [0.15, 0.2) is 0 Å². The molecule has 0 amide bonds. The molecule has 14 aromatic rings. The third-order valence-electron chi connectivity index (χ3n) is 30.2. The topological polar surface area (TPSA) is 25.6 Å². The van der Waals surface area contributed by atoms with Gasteiger partial charge < -0.3 is 14.1 Å². The number of anilines is 3. The van der Waals surface area contributed by atoms with Crippen molar-refractivity contribution in [3.8, 4) is 83.6 Å². The Hall–Kier alpha value is -11.3. The highest BCUT2D eigenvalue weighted by Crippen LogP contribution is 2.68. The molecule has 3 heteroatoms. The summed E-state index contributed by atoms with van der Waals surface area (Å²) in [4.78, 5) is 2.57. The maximum Gasteiger partial charge on any atom is 0.144 e. The van der Waals surface area contributed by atoms with E-state index in [1.807, 2.05) is 0 Å². The normalized spacial score (nSPS) is 18.1. The van der Waals surface area contributed by atoms with E-state index in [0.29, 0.717) is 0 Å². The van der Waals surface area contributed by atoms with Gasteiger partial charge in [-0.3, -0.25) is 0 Å². The first kappa shape index (κ1) is 72.2. The standard InChI is InChI=1S/C114H105NO2/c1-13-15-17-19-31-59-114(60-32-20-18-16-14-2)90-40-28-22-34-77(90)81-55-47-71(63-96(81)114)70-46-54-80-79-53-45-69(61-91(79)110(5,6)92(80)62-70)68-43-49-73(50-44-68)115(75-52-58-84-95(66-75)113(11,12)105-101(84)103-86-37-25-30-42-99(86)117-108(103)104-82-35-23-27-39-89(82)112(9,10)106(104)105)74-51-57-83-94(65-74)111(7,8)97-67-87(107-102(100(83)97)85-36-24-29-41-98(85)116-107)72-48-56-78-76-33-21-26-38-88(76)109(3,4)93(78)64-72/h21-30,33-58,61-67,100,102H,13-20,31-32,59-60H2,1-12H3. The summed E-state index contributed by atoms with van der Waals surface area (Å²) in [6, 6.07) is 99.1. The molecule has 2 unspecified atom stereocenters. The molecule has 1 aromatic heterocycles. The fourth-order valence-electron chi connectivity index (χ4n) is 24.2. The first-order valence-electron chi connectivity index (χ1n) is 44.1. The summed E-state index contributed by atoms with van der Waals surface area (Å²) in [5, 5.41) is 2.38.